The first-order valence-electron chi connectivity index (χ1n) is 10.2. The van der Waals surface area contributed by atoms with Gasteiger partial charge in [-0.3, -0.25) is 15.0 Å². The molecule has 1 fully saturated rings. The molecule has 32 heavy (non-hydrogen) atoms. The van der Waals surface area contributed by atoms with E-state index in [4.69, 9.17) is 4.52 Å². The molecule has 11 heteroatoms. The average Bonchev–Trinajstić information content (AvgIpc) is 3.30. The van der Waals surface area contributed by atoms with E-state index in [9.17, 15) is 18.5 Å². The SMILES string of the molecule is CC(c1nc(-c2ccccc2)no1)N1CCN(S(=O)(=O)Cc2ccc([N+](=O)[O-])cc2)CC1. The molecular weight excluding hydrogens is 434 g/mol. The fourth-order valence-corrected chi connectivity index (χ4v) is 5.17. The first kappa shape index (κ1) is 22.1. The Balaban J connectivity index is 1.36. The Morgan fingerprint density at radius 2 is 1.72 bits per heavy atom. The Morgan fingerprint density at radius 3 is 2.34 bits per heavy atom. The van der Waals surface area contributed by atoms with Gasteiger partial charge in [0.15, 0.2) is 0 Å². The van der Waals surface area contributed by atoms with Crippen LogP contribution in [0.3, 0.4) is 0 Å². The van der Waals surface area contributed by atoms with E-state index in [0.717, 1.165) is 5.56 Å². The molecule has 0 N–H and O–H groups in total. The van der Waals surface area contributed by atoms with Gasteiger partial charge in [-0.25, -0.2) is 8.42 Å². The van der Waals surface area contributed by atoms with Crippen molar-refractivity contribution in [3.8, 4) is 11.4 Å². The van der Waals surface area contributed by atoms with Crippen molar-refractivity contribution in [2.45, 2.75) is 18.7 Å². The van der Waals surface area contributed by atoms with Gasteiger partial charge in [-0.05, 0) is 12.5 Å². The van der Waals surface area contributed by atoms with Crippen LogP contribution in [0, 0.1) is 10.1 Å². The van der Waals surface area contributed by atoms with Gasteiger partial charge in [-0.2, -0.15) is 9.29 Å². The highest BCUT2D eigenvalue weighted by Crippen LogP contribution is 2.24. The number of rotatable bonds is 7. The van der Waals surface area contributed by atoms with Crippen molar-refractivity contribution in [2.24, 2.45) is 0 Å². The summed E-state index contributed by atoms with van der Waals surface area (Å²) in [6.07, 6.45) is 0. The molecule has 1 aliphatic heterocycles. The molecular formula is C21H23N5O5S. The Bertz CT molecular complexity index is 1170. The fourth-order valence-electron chi connectivity index (χ4n) is 3.65. The molecule has 0 spiro atoms. The Kier molecular flexibility index (Phi) is 6.31. The zero-order valence-corrected chi connectivity index (χ0v) is 18.3. The quantitative estimate of drug-likeness (QED) is 0.392. The normalized spacial score (nSPS) is 16.7. The van der Waals surface area contributed by atoms with Crippen LogP contribution >= 0.6 is 0 Å². The molecule has 1 atom stereocenters. The van der Waals surface area contributed by atoms with E-state index < -0.39 is 14.9 Å². The van der Waals surface area contributed by atoms with Gasteiger partial charge < -0.3 is 4.52 Å². The molecule has 1 unspecified atom stereocenters. The molecule has 1 saturated heterocycles. The van der Waals surface area contributed by atoms with Crippen LogP contribution in [0.25, 0.3) is 11.4 Å². The maximum absolute atomic E-state index is 12.8. The molecule has 168 valence electrons. The number of hydrogen-bond donors (Lipinski definition) is 0. The van der Waals surface area contributed by atoms with E-state index in [1.807, 2.05) is 37.3 Å². The summed E-state index contributed by atoms with van der Waals surface area (Å²) in [7, 11) is -3.53. The van der Waals surface area contributed by atoms with Gasteiger partial charge in [0.05, 0.1) is 16.7 Å². The molecule has 0 bridgehead atoms. The van der Waals surface area contributed by atoms with E-state index in [2.05, 4.69) is 15.0 Å². The average molecular weight is 458 g/mol. The molecule has 4 rings (SSSR count). The standard InChI is InChI=1S/C21H23N5O5S/c1-16(21-22-20(23-31-21)18-5-3-2-4-6-18)24-11-13-25(14-12-24)32(29,30)15-17-7-9-19(10-8-17)26(27)28/h2-10,16H,11-15H2,1H3. The lowest BCUT2D eigenvalue weighted by Crippen LogP contribution is -2.49. The molecule has 1 aromatic heterocycles. The van der Waals surface area contributed by atoms with E-state index in [-0.39, 0.29) is 17.5 Å². The van der Waals surface area contributed by atoms with Crippen molar-refractivity contribution in [2.75, 3.05) is 26.2 Å². The molecule has 10 nitrogen and oxygen atoms in total. The third-order valence-electron chi connectivity index (χ3n) is 5.54. The van der Waals surface area contributed by atoms with Crippen LogP contribution < -0.4 is 0 Å². The number of piperazine rings is 1. The van der Waals surface area contributed by atoms with Crippen LogP contribution in [-0.2, 0) is 15.8 Å². The molecule has 1 aliphatic rings. The summed E-state index contributed by atoms with van der Waals surface area (Å²) < 4.78 is 32.5. The predicted molar refractivity (Wildman–Crippen MR) is 117 cm³/mol. The summed E-state index contributed by atoms with van der Waals surface area (Å²) in [6.45, 7) is 3.72. The van der Waals surface area contributed by atoms with Crippen LogP contribution in [0.2, 0.25) is 0 Å². The van der Waals surface area contributed by atoms with Gasteiger partial charge >= 0.3 is 0 Å². The fraction of sp³-hybridized carbons (Fsp3) is 0.333. The minimum Gasteiger partial charge on any atom is -0.337 e. The minimum absolute atomic E-state index is 0.0646. The monoisotopic (exact) mass is 457 g/mol. The zero-order valence-electron chi connectivity index (χ0n) is 17.5. The summed E-state index contributed by atoms with van der Waals surface area (Å²) in [4.78, 5) is 16.9. The van der Waals surface area contributed by atoms with Gasteiger partial charge in [0.1, 0.15) is 0 Å². The van der Waals surface area contributed by atoms with Crippen molar-refractivity contribution in [1.82, 2.24) is 19.3 Å². The van der Waals surface area contributed by atoms with Crippen LogP contribution in [0.5, 0.6) is 0 Å². The van der Waals surface area contributed by atoms with Crippen molar-refractivity contribution in [1.29, 1.82) is 0 Å². The summed E-state index contributed by atoms with van der Waals surface area (Å²) in [5.74, 6) is 0.827. The number of aromatic nitrogens is 2. The Hall–Kier alpha value is -3.15. The van der Waals surface area contributed by atoms with E-state index in [1.165, 1.54) is 28.6 Å². The number of nitro benzene ring substituents is 1. The van der Waals surface area contributed by atoms with Crippen molar-refractivity contribution < 1.29 is 17.9 Å². The van der Waals surface area contributed by atoms with Crippen molar-refractivity contribution >= 4 is 15.7 Å². The highest BCUT2D eigenvalue weighted by Gasteiger charge is 2.31. The lowest BCUT2D eigenvalue weighted by Gasteiger charge is -2.36. The van der Waals surface area contributed by atoms with Gasteiger partial charge in [-0.15, -0.1) is 0 Å². The van der Waals surface area contributed by atoms with Crippen LogP contribution in [0.1, 0.15) is 24.4 Å². The largest absolute Gasteiger partial charge is 0.337 e. The first-order chi connectivity index (χ1) is 15.3. The lowest BCUT2D eigenvalue weighted by molar-refractivity contribution is -0.384. The smallest absolute Gasteiger partial charge is 0.269 e. The zero-order chi connectivity index (χ0) is 22.7. The van der Waals surface area contributed by atoms with Gasteiger partial charge in [0.2, 0.25) is 21.7 Å². The highest BCUT2D eigenvalue weighted by atomic mass is 32.2. The van der Waals surface area contributed by atoms with E-state index in [1.54, 1.807) is 0 Å². The first-order valence-corrected chi connectivity index (χ1v) is 11.8. The van der Waals surface area contributed by atoms with Gasteiger partial charge in [0.25, 0.3) is 5.69 Å². The molecule has 2 aromatic carbocycles. The molecule has 0 amide bonds. The third-order valence-corrected chi connectivity index (χ3v) is 7.39. The number of hydrogen-bond acceptors (Lipinski definition) is 8. The second-order valence-electron chi connectivity index (χ2n) is 7.61. The Morgan fingerprint density at radius 1 is 1.06 bits per heavy atom. The molecule has 3 aromatic rings. The third kappa shape index (κ3) is 4.85. The summed E-state index contributed by atoms with van der Waals surface area (Å²) in [5.41, 5.74) is 1.33. The number of nitro groups is 1. The van der Waals surface area contributed by atoms with Crippen LogP contribution in [0.4, 0.5) is 5.69 Å². The maximum Gasteiger partial charge on any atom is 0.269 e. The summed E-state index contributed by atoms with van der Waals surface area (Å²) >= 11 is 0. The van der Waals surface area contributed by atoms with Crippen molar-refractivity contribution in [3.05, 3.63) is 76.2 Å². The summed E-state index contributed by atoms with van der Waals surface area (Å²) in [6, 6.07) is 15.0. The Labute approximate surface area is 185 Å². The number of sulfonamides is 1. The molecule has 0 saturated carbocycles. The maximum atomic E-state index is 12.8. The minimum atomic E-state index is -3.53. The molecule has 0 aliphatic carbocycles. The molecule has 0 radical (unpaired) electrons. The topological polar surface area (TPSA) is 123 Å². The number of nitrogens with zero attached hydrogens (tertiary/aromatic N) is 5. The number of non-ortho nitro benzene ring substituents is 1. The van der Waals surface area contributed by atoms with Gasteiger partial charge in [0, 0.05) is 43.9 Å². The molecule has 2 heterocycles. The van der Waals surface area contributed by atoms with Crippen molar-refractivity contribution in [3.63, 3.8) is 0 Å². The summed E-state index contributed by atoms with van der Waals surface area (Å²) in [5, 5.41) is 14.8. The van der Waals surface area contributed by atoms with E-state index in [0.29, 0.717) is 43.5 Å². The van der Waals surface area contributed by atoms with Gasteiger partial charge in [-0.1, -0.05) is 47.6 Å². The lowest BCUT2D eigenvalue weighted by atomic mass is 10.2. The second-order valence-corrected chi connectivity index (χ2v) is 9.58. The van der Waals surface area contributed by atoms with E-state index >= 15 is 0 Å². The number of benzene rings is 2. The van der Waals surface area contributed by atoms with Crippen LogP contribution in [-0.4, -0.2) is 58.9 Å². The van der Waals surface area contributed by atoms with Crippen LogP contribution in [0.15, 0.2) is 59.1 Å². The second kappa shape index (κ2) is 9.15. The highest BCUT2D eigenvalue weighted by molar-refractivity contribution is 7.88. The predicted octanol–water partition coefficient (Wildman–Crippen LogP) is 2.85.